The predicted octanol–water partition coefficient (Wildman–Crippen LogP) is 4.53. The van der Waals surface area contributed by atoms with Crippen LogP contribution in [0.4, 0.5) is 5.69 Å². The molecule has 1 aromatic heterocycles. The van der Waals surface area contributed by atoms with E-state index in [0.717, 1.165) is 35.4 Å². The monoisotopic (exact) mass is 381 g/mol. The fraction of sp³-hybridized carbons (Fsp3) is 0.318. The third-order valence-electron chi connectivity index (χ3n) is 4.69. The molecule has 6 heteroatoms. The van der Waals surface area contributed by atoms with E-state index < -0.39 is 0 Å². The van der Waals surface area contributed by atoms with Gasteiger partial charge in [0.05, 0.1) is 36.7 Å². The first-order valence-corrected chi connectivity index (χ1v) is 9.45. The Hall–Kier alpha value is -2.99. The third kappa shape index (κ3) is 3.97. The summed E-state index contributed by atoms with van der Waals surface area (Å²) in [7, 11) is 3.19. The maximum absolute atomic E-state index is 10.6. The zero-order chi connectivity index (χ0) is 20.1. The van der Waals surface area contributed by atoms with Crippen molar-refractivity contribution in [3.63, 3.8) is 0 Å². The maximum atomic E-state index is 10.6. The standard InChI is InChI=1S/C22H27N3O3/c1-5-17(24-15-9-7-14(8-10-15)13-23-6-2)21-16-11-19(27-3)20(28-4)12-18(16)25-22(21)26/h7-12,23,25-26H,5-6,13H2,1-4H3. The number of nitrogens with zero attached hydrogens (tertiary/aromatic N) is 1. The molecule has 0 fully saturated rings. The Balaban J connectivity index is 2.03. The molecule has 148 valence electrons. The highest BCUT2D eigenvalue weighted by Gasteiger charge is 2.18. The van der Waals surface area contributed by atoms with Crippen LogP contribution >= 0.6 is 0 Å². The Kier molecular flexibility index (Phi) is 6.21. The smallest absolute Gasteiger partial charge is 0.198 e. The summed E-state index contributed by atoms with van der Waals surface area (Å²) < 4.78 is 10.8. The zero-order valence-electron chi connectivity index (χ0n) is 16.8. The quantitative estimate of drug-likeness (QED) is 0.501. The minimum absolute atomic E-state index is 0.0923. The largest absolute Gasteiger partial charge is 0.494 e. The first kappa shape index (κ1) is 19.8. The van der Waals surface area contributed by atoms with Crippen LogP contribution in [-0.2, 0) is 6.54 Å². The van der Waals surface area contributed by atoms with Crippen LogP contribution in [0.3, 0.4) is 0 Å². The lowest BCUT2D eigenvalue weighted by molar-refractivity contribution is 0.356. The first-order chi connectivity index (χ1) is 13.6. The zero-order valence-corrected chi connectivity index (χ0v) is 16.8. The molecule has 0 aliphatic carbocycles. The number of hydrogen-bond donors (Lipinski definition) is 3. The molecule has 2 aromatic carbocycles. The van der Waals surface area contributed by atoms with Crippen molar-refractivity contribution in [2.24, 2.45) is 4.99 Å². The van der Waals surface area contributed by atoms with Crippen LogP contribution in [0, 0.1) is 0 Å². The number of ether oxygens (including phenoxy) is 2. The summed E-state index contributed by atoms with van der Waals surface area (Å²) in [6.07, 6.45) is 0.675. The number of hydrogen-bond acceptors (Lipinski definition) is 5. The lowest BCUT2D eigenvalue weighted by Gasteiger charge is -2.09. The van der Waals surface area contributed by atoms with Gasteiger partial charge in [-0.1, -0.05) is 26.0 Å². The molecule has 0 saturated carbocycles. The number of nitrogens with one attached hydrogen (secondary N) is 2. The molecule has 0 aliphatic heterocycles. The molecule has 28 heavy (non-hydrogen) atoms. The fourth-order valence-corrected chi connectivity index (χ4v) is 3.22. The van der Waals surface area contributed by atoms with Crippen molar-refractivity contribution in [2.45, 2.75) is 26.8 Å². The molecule has 0 atom stereocenters. The van der Waals surface area contributed by atoms with Crippen LogP contribution in [-0.4, -0.2) is 36.6 Å². The van der Waals surface area contributed by atoms with E-state index >= 15 is 0 Å². The summed E-state index contributed by atoms with van der Waals surface area (Å²) in [5.74, 6) is 1.31. The van der Waals surface area contributed by atoms with Gasteiger partial charge < -0.3 is 24.9 Å². The van der Waals surface area contributed by atoms with E-state index in [9.17, 15) is 5.11 Å². The molecular formula is C22H27N3O3. The molecule has 0 unspecified atom stereocenters. The summed E-state index contributed by atoms with van der Waals surface area (Å²) in [6, 6.07) is 11.8. The number of aliphatic imine (C=N–C) groups is 1. The van der Waals surface area contributed by atoms with E-state index in [2.05, 4.69) is 29.4 Å². The second kappa shape index (κ2) is 8.80. The Morgan fingerprint density at radius 2 is 1.75 bits per heavy atom. The van der Waals surface area contributed by atoms with Crippen LogP contribution in [0.1, 0.15) is 31.4 Å². The lowest BCUT2D eigenvalue weighted by Crippen LogP contribution is -2.11. The van der Waals surface area contributed by atoms with Gasteiger partial charge in [0.1, 0.15) is 0 Å². The third-order valence-corrected chi connectivity index (χ3v) is 4.69. The number of methoxy groups -OCH3 is 2. The molecule has 0 aliphatic rings. The number of aromatic hydroxyl groups is 1. The van der Waals surface area contributed by atoms with Crippen molar-refractivity contribution in [3.8, 4) is 17.4 Å². The Labute approximate surface area is 165 Å². The van der Waals surface area contributed by atoms with Crippen molar-refractivity contribution >= 4 is 22.3 Å². The molecular weight excluding hydrogens is 354 g/mol. The molecule has 3 N–H and O–H groups in total. The second-order valence-corrected chi connectivity index (χ2v) is 6.46. The minimum atomic E-state index is 0.0923. The molecule has 3 aromatic rings. The van der Waals surface area contributed by atoms with E-state index in [4.69, 9.17) is 14.5 Å². The Bertz CT molecular complexity index is 975. The number of rotatable bonds is 8. The van der Waals surface area contributed by atoms with Gasteiger partial charge in [-0.15, -0.1) is 0 Å². The van der Waals surface area contributed by atoms with E-state index in [-0.39, 0.29) is 5.88 Å². The van der Waals surface area contributed by atoms with Gasteiger partial charge in [0, 0.05) is 18.0 Å². The Morgan fingerprint density at radius 1 is 1.07 bits per heavy atom. The SMILES string of the molecule is CCNCc1ccc(N=C(CC)c2c(O)[nH]c3cc(OC)c(OC)cc23)cc1. The normalized spacial score (nSPS) is 11.8. The minimum Gasteiger partial charge on any atom is -0.494 e. The summed E-state index contributed by atoms with van der Waals surface area (Å²) in [4.78, 5) is 7.81. The number of aromatic nitrogens is 1. The lowest BCUT2D eigenvalue weighted by atomic mass is 10.1. The van der Waals surface area contributed by atoms with E-state index in [1.807, 2.05) is 31.2 Å². The molecule has 1 heterocycles. The predicted molar refractivity (Wildman–Crippen MR) is 113 cm³/mol. The van der Waals surface area contributed by atoms with E-state index in [1.165, 1.54) is 5.56 Å². The van der Waals surface area contributed by atoms with Gasteiger partial charge in [-0.05, 0) is 36.7 Å². The maximum Gasteiger partial charge on any atom is 0.198 e. The van der Waals surface area contributed by atoms with E-state index in [1.54, 1.807) is 14.2 Å². The molecule has 6 nitrogen and oxygen atoms in total. The van der Waals surface area contributed by atoms with Crippen LogP contribution in [0.5, 0.6) is 17.4 Å². The van der Waals surface area contributed by atoms with Gasteiger partial charge in [-0.3, -0.25) is 4.99 Å². The highest BCUT2D eigenvalue weighted by atomic mass is 16.5. The average molecular weight is 381 g/mol. The number of fused-ring (bicyclic) bond motifs is 1. The van der Waals surface area contributed by atoms with Gasteiger partial charge in [0.15, 0.2) is 17.4 Å². The molecule has 0 amide bonds. The van der Waals surface area contributed by atoms with Crippen LogP contribution in [0.25, 0.3) is 10.9 Å². The first-order valence-electron chi connectivity index (χ1n) is 9.45. The summed E-state index contributed by atoms with van der Waals surface area (Å²) >= 11 is 0. The molecule has 0 bridgehead atoms. The van der Waals surface area contributed by atoms with Gasteiger partial charge in [0.2, 0.25) is 0 Å². The van der Waals surface area contributed by atoms with E-state index in [0.29, 0.717) is 23.5 Å². The van der Waals surface area contributed by atoms with Gasteiger partial charge in [-0.25, -0.2) is 0 Å². The topological polar surface area (TPSA) is 78.9 Å². The number of benzene rings is 2. The summed E-state index contributed by atoms with van der Waals surface area (Å²) in [5.41, 5.74) is 4.33. The summed E-state index contributed by atoms with van der Waals surface area (Å²) in [6.45, 7) is 5.89. The van der Waals surface area contributed by atoms with Crippen LogP contribution in [0.15, 0.2) is 41.4 Å². The van der Waals surface area contributed by atoms with Crippen molar-refractivity contribution < 1.29 is 14.6 Å². The van der Waals surface area contributed by atoms with Crippen molar-refractivity contribution in [2.75, 3.05) is 20.8 Å². The van der Waals surface area contributed by atoms with Gasteiger partial charge >= 0.3 is 0 Å². The molecule has 0 radical (unpaired) electrons. The Morgan fingerprint density at radius 3 is 2.36 bits per heavy atom. The van der Waals surface area contributed by atoms with Gasteiger partial charge in [-0.2, -0.15) is 0 Å². The van der Waals surface area contributed by atoms with Crippen molar-refractivity contribution in [1.29, 1.82) is 0 Å². The highest BCUT2D eigenvalue weighted by Crippen LogP contribution is 2.37. The molecule has 0 saturated heterocycles. The van der Waals surface area contributed by atoms with Crippen molar-refractivity contribution in [3.05, 3.63) is 47.5 Å². The number of aromatic amines is 1. The fourth-order valence-electron chi connectivity index (χ4n) is 3.22. The molecule has 3 rings (SSSR count). The number of H-pyrrole nitrogens is 1. The molecule has 0 spiro atoms. The van der Waals surface area contributed by atoms with Gasteiger partial charge in [0.25, 0.3) is 0 Å². The average Bonchev–Trinajstić information content (AvgIpc) is 3.04. The second-order valence-electron chi connectivity index (χ2n) is 6.46. The van der Waals surface area contributed by atoms with Crippen LogP contribution in [0.2, 0.25) is 0 Å². The van der Waals surface area contributed by atoms with Crippen LogP contribution < -0.4 is 14.8 Å². The summed E-state index contributed by atoms with van der Waals surface area (Å²) in [5, 5.41) is 14.7. The van der Waals surface area contributed by atoms with Crippen molar-refractivity contribution in [1.82, 2.24) is 10.3 Å². The highest BCUT2D eigenvalue weighted by molar-refractivity contribution is 6.14.